The maximum absolute atomic E-state index is 11.6. The van der Waals surface area contributed by atoms with Crippen molar-refractivity contribution in [2.75, 3.05) is 18.1 Å². The van der Waals surface area contributed by atoms with Gasteiger partial charge in [0.2, 0.25) is 10.0 Å². The average molecular weight is 350 g/mol. The normalized spacial score (nSPS) is 15.0. The van der Waals surface area contributed by atoms with Gasteiger partial charge in [-0.05, 0) is 18.2 Å². The lowest BCUT2D eigenvalue weighted by molar-refractivity contribution is 0.100. The molecule has 0 saturated carbocycles. The molecule has 3 heterocycles. The number of nitrogens with two attached hydrogens (primary N) is 1. The Bertz CT molecular complexity index is 876. The Kier molecular flexibility index (Phi) is 4.24. The first-order chi connectivity index (χ1) is 11.3. The second-order valence-electron chi connectivity index (χ2n) is 5.56. The zero-order chi connectivity index (χ0) is 17.3. The molecule has 0 radical (unpaired) electrons. The summed E-state index contributed by atoms with van der Waals surface area (Å²) in [5.74, 6) is -0.160. The lowest BCUT2D eigenvalue weighted by Gasteiger charge is -2.25. The summed E-state index contributed by atoms with van der Waals surface area (Å²) in [7, 11) is -3.21. The van der Waals surface area contributed by atoms with E-state index >= 15 is 0 Å². The number of aromatic nitrogens is 3. The molecule has 0 unspecified atom stereocenters. The summed E-state index contributed by atoms with van der Waals surface area (Å²) in [5.41, 5.74) is 7.20. The lowest BCUT2D eigenvalue weighted by Crippen LogP contribution is -2.37. The van der Waals surface area contributed by atoms with Crippen molar-refractivity contribution in [1.82, 2.24) is 19.1 Å². The quantitative estimate of drug-likeness (QED) is 0.767. The minimum atomic E-state index is -3.21. The van der Waals surface area contributed by atoms with Gasteiger partial charge in [0.05, 0.1) is 42.8 Å². The number of hydrogen-bond acceptors (Lipinski definition) is 6. The SMILES string of the molecule is CS(=O)(=O)N1CCn2nc(CNc3ncccc3C(N)=O)cc2C1. The maximum Gasteiger partial charge on any atom is 0.252 e. The van der Waals surface area contributed by atoms with E-state index in [1.54, 1.807) is 23.0 Å². The zero-order valence-corrected chi connectivity index (χ0v) is 14.0. The fraction of sp³-hybridized carbons (Fsp3) is 0.357. The fourth-order valence-corrected chi connectivity index (χ4v) is 3.37. The number of carbonyl (C=O) groups is 1. The van der Waals surface area contributed by atoms with Crippen LogP contribution in [0.1, 0.15) is 21.7 Å². The average Bonchev–Trinajstić information content (AvgIpc) is 2.94. The van der Waals surface area contributed by atoms with Crippen molar-refractivity contribution in [3.8, 4) is 0 Å². The number of pyridine rings is 1. The van der Waals surface area contributed by atoms with Gasteiger partial charge in [0.1, 0.15) is 5.82 Å². The van der Waals surface area contributed by atoms with Gasteiger partial charge in [-0.3, -0.25) is 9.48 Å². The van der Waals surface area contributed by atoms with Crippen LogP contribution in [0.3, 0.4) is 0 Å². The van der Waals surface area contributed by atoms with E-state index in [-0.39, 0.29) is 0 Å². The van der Waals surface area contributed by atoms with Crippen LogP contribution >= 0.6 is 0 Å². The Balaban J connectivity index is 1.73. The van der Waals surface area contributed by atoms with Crippen LogP contribution in [-0.4, -0.2) is 46.2 Å². The van der Waals surface area contributed by atoms with Crippen molar-refractivity contribution in [3.63, 3.8) is 0 Å². The van der Waals surface area contributed by atoms with Crippen molar-refractivity contribution >= 4 is 21.7 Å². The summed E-state index contributed by atoms with van der Waals surface area (Å²) in [6, 6.07) is 5.08. The molecule has 0 atom stereocenters. The van der Waals surface area contributed by atoms with Gasteiger partial charge in [-0.25, -0.2) is 13.4 Å². The van der Waals surface area contributed by atoms with E-state index in [0.29, 0.717) is 37.6 Å². The number of anilines is 1. The molecular weight excluding hydrogens is 332 g/mol. The number of sulfonamides is 1. The largest absolute Gasteiger partial charge is 0.365 e. The Morgan fingerprint density at radius 2 is 2.21 bits per heavy atom. The molecule has 1 amide bonds. The highest BCUT2D eigenvalue weighted by molar-refractivity contribution is 7.88. The number of fused-ring (bicyclic) bond motifs is 1. The smallest absolute Gasteiger partial charge is 0.252 e. The van der Waals surface area contributed by atoms with Crippen LogP contribution in [0.4, 0.5) is 5.82 Å². The number of rotatable bonds is 5. The van der Waals surface area contributed by atoms with Crippen LogP contribution in [0.5, 0.6) is 0 Å². The van der Waals surface area contributed by atoms with Crippen LogP contribution in [-0.2, 0) is 29.7 Å². The first-order valence-corrected chi connectivity index (χ1v) is 9.19. The highest BCUT2D eigenvalue weighted by Gasteiger charge is 2.24. The minimum absolute atomic E-state index is 0.307. The molecule has 2 aromatic rings. The first-order valence-electron chi connectivity index (χ1n) is 7.34. The maximum atomic E-state index is 11.6. The van der Waals surface area contributed by atoms with Crippen LogP contribution < -0.4 is 11.1 Å². The van der Waals surface area contributed by atoms with E-state index in [0.717, 1.165) is 11.4 Å². The third kappa shape index (κ3) is 3.39. The van der Waals surface area contributed by atoms with Gasteiger partial charge in [-0.2, -0.15) is 9.40 Å². The summed E-state index contributed by atoms with van der Waals surface area (Å²) >= 11 is 0. The molecule has 3 rings (SSSR count). The van der Waals surface area contributed by atoms with Crippen molar-refractivity contribution < 1.29 is 13.2 Å². The molecule has 0 aliphatic carbocycles. The molecule has 1 aliphatic heterocycles. The van der Waals surface area contributed by atoms with Crippen molar-refractivity contribution in [1.29, 1.82) is 0 Å². The predicted molar refractivity (Wildman–Crippen MR) is 87.6 cm³/mol. The van der Waals surface area contributed by atoms with Crippen molar-refractivity contribution in [2.45, 2.75) is 19.6 Å². The molecule has 0 spiro atoms. The summed E-state index contributed by atoms with van der Waals surface area (Å²) in [5, 5.41) is 7.49. The van der Waals surface area contributed by atoms with E-state index in [9.17, 15) is 13.2 Å². The van der Waals surface area contributed by atoms with E-state index in [1.165, 1.54) is 10.6 Å². The van der Waals surface area contributed by atoms with Gasteiger partial charge in [0.25, 0.3) is 5.91 Å². The Labute approximate surface area is 139 Å². The van der Waals surface area contributed by atoms with E-state index in [2.05, 4.69) is 15.4 Å². The van der Waals surface area contributed by atoms with Gasteiger partial charge in [-0.1, -0.05) is 0 Å². The molecule has 0 bridgehead atoms. The third-order valence-electron chi connectivity index (χ3n) is 3.79. The number of primary amides is 1. The summed E-state index contributed by atoms with van der Waals surface area (Å²) in [6.45, 7) is 1.59. The molecular formula is C14H18N6O3S. The zero-order valence-electron chi connectivity index (χ0n) is 13.1. The monoisotopic (exact) mass is 350 g/mol. The fourth-order valence-electron chi connectivity index (χ4n) is 2.59. The van der Waals surface area contributed by atoms with Gasteiger partial charge in [0.15, 0.2) is 0 Å². The number of hydrogen-bond donors (Lipinski definition) is 2. The van der Waals surface area contributed by atoms with Crippen LogP contribution in [0.2, 0.25) is 0 Å². The third-order valence-corrected chi connectivity index (χ3v) is 5.04. The molecule has 24 heavy (non-hydrogen) atoms. The molecule has 0 saturated heterocycles. The van der Waals surface area contributed by atoms with E-state index < -0.39 is 15.9 Å². The molecule has 1 aliphatic rings. The van der Waals surface area contributed by atoms with Crippen LogP contribution in [0, 0.1) is 0 Å². The molecule has 0 aromatic carbocycles. The highest BCUT2D eigenvalue weighted by atomic mass is 32.2. The molecule has 2 aromatic heterocycles. The summed E-state index contributed by atoms with van der Waals surface area (Å²) in [4.78, 5) is 15.5. The Hall–Kier alpha value is -2.46. The number of carbonyl (C=O) groups excluding carboxylic acids is 1. The summed E-state index contributed by atoms with van der Waals surface area (Å²) in [6.07, 6.45) is 2.77. The van der Waals surface area contributed by atoms with Gasteiger partial charge < -0.3 is 11.1 Å². The number of nitrogens with zero attached hydrogens (tertiary/aromatic N) is 4. The second kappa shape index (κ2) is 6.21. The van der Waals surface area contributed by atoms with Gasteiger partial charge in [0, 0.05) is 12.7 Å². The van der Waals surface area contributed by atoms with E-state index in [4.69, 9.17) is 5.73 Å². The molecule has 3 N–H and O–H groups in total. The van der Waals surface area contributed by atoms with Crippen molar-refractivity contribution in [2.24, 2.45) is 5.73 Å². The van der Waals surface area contributed by atoms with Gasteiger partial charge >= 0.3 is 0 Å². The topological polar surface area (TPSA) is 123 Å². The summed E-state index contributed by atoms with van der Waals surface area (Å²) < 4.78 is 26.5. The lowest BCUT2D eigenvalue weighted by atomic mass is 10.2. The highest BCUT2D eigenvalue weighted by Crippen LogP contribution is 2.17. The predicted octanol–water partition coefficient (Wildman–Crippen LogP) is -0.236. The second-order valence-corrected chi connectivity index (χ2v) is 7.55. The number of amides is 1. The first kappa shape index (κ1) is 16.4. The Morgan fingerprint density at radius 1 is 1.42 bits per heavy atom. The van der Waals surface area contributed by atoms with Crippen molar-refractivity contribution in [3.05, 3.63) is 41.3 Å². The standard InChI is InChI=1S/C14H18N6O3S/c1-24(22,23)19-5-6-20-11(9-19)7-10(18-20)8-17-14-12(13(15)21)3-2-4-16-14/h2-4,7H,5-6,8-9H2,1H3,(H2,15,21)(H,16,17). The molecule has 9 nitrogen and oxygen atoms in total. The van der Waals surface area contributed by atoms with Crippen LogP contribution in [0.15, 0.2) is 24.4 Å². The van der Waals surface area contributed by atoms with E-state index in [1.807, 2.05) is 6.07 Å². The van der Waals surface area contributed by atoms with Crippen LogP contribution in [0.25, 0.3) is 0 Å². The number of nitrogens with one attached hydrogen (secondary N) is 1. The molecule has 128 valence electrons. The molecule has 0 fully saturated rings. The molecule has 10 heteroatoms. The Morgan fingerprint density at radius 3 is 2.92 bits per heavy atom. The van der Waals surface area contributed by atoms with Gasteiger partial charge in [-0.15, -0.1) is 0 Å². The minimum Gasteiger partial charge on any atom is -0.365 e.